The molecule has 0 aliphatic rings. The highest BCUT2D eigenvalue weighted by atomic mass is 35.5. The summed E-state index contributed by atoms with van der Waals surface area (Å²) in [5, 5.41) is 13.0. The van der Waals surface area contributed by atoms with Gasteiger partial charge < -0.3 is 14.8 Å². The van der Waals surface area contributed by atoms with Crippen LogP contribution < -0.4 is 10.1 Å². The number of nitrogens with zero attached hydrogens (tertiary/aromatic N) is 1. The van der Waals surface area contributed by atoms with Gasteiger partial charge in [-0.3, -0.25) is 4.79 Å². The Morgan fingerprint density at radius 3 is 2.24 bits per heavy atom. The van der Waals surface area contributed by atoms with Gasteiger partial charge in [0.15, 0.2) is 5.75 Å². The maximum absolute atomic E-state index is 12.6. The van der Waals surface area contributed by atoms with E-state index in [1.165, 1.54) is 49.6 Å². The fourth-order valence-corrected chi connectivity index (χ4v) is 3.69. The third-order valence-electron chi connectivity index (χ3n) is 4.59. The molecule has 1 amide bonds. The Labute approximate surface area is 211 Å². The van der Waals surface area contributed by atoms with Crippen LogP contribution in [-0.2, 0) is 16.1 Å². The van der Waals surface area contributed by atoms with E-state index in [-0.39, 0.29) is 28.0 Å². The zero-order chi connectivity index (χ0) is 24.7. The fourth-order valence-electron chi connectivity index (χ4n) is 2.89. The Morgan fingerprint density at radius 2 is 1.65 bits per heavy atom. The molecule has 9 heteroatoms. The van der Waals surface area contributed by atoms with Crippen molar-refractivity contribution in [2.75, 3.05) is 12.4 Å². The number of halogens is 3. The molecule has 0 heterocycles. The van der Waals surface area contributed by atoms with Gasteiger partial charge in [0, 0.05) is 16.3 Å². The summed E-state index contributed by atoms with van der Waals surface area (Å²) < 4.78 is 10.4. The quantitative estimate of drug-likeness (QED) is 0.219. The molecule has 0 spiro atoms. The van der Waals surface area contributed by atoms with E-state index in [0.29, 0.717) is 21.8 Å². The summed E-state index contributed by atoms with van der Waals surface area (Å²) in [4.78, 5) is 24.1. The van der Waals surface area contributed by atoms with Crippen molar-refractivity contribution in [1.82, 2.24) is 0 Å². The number of hydrogen-bond acceptors (Lipinski definition) is 5. The summed E-state index contributed by atoms with van der Waals surface area (Å²) in [5.74, 6) is -0.878. The first-order valence-corrected chi connectivity index (χ1v) is 10.9. The lowest BCUT2D eigenvalue weighted by atomic mass is 10.1. The minimum Gasteiger partial charge on any atom is -0.486 e. The summed E-state index contributed by atoms with van der Waals surface area (Å²) >= 11 is 18.8. The van der Waals surface area contributed by atoms with Gasteiger partial charge >= 0.3 is 5.97 Å². The Bertz CT molecular complexity index is 1280. The van der Waals surface area contributed by atoms with Crippen LogP contribution in [0.15, 0.2) is 66.2 Å². The standard InChI is InChI=1S/C25H17Cl3N2O4/c1-33-25(32)16-6-8-19(9-7-16)30-24(31)18(13-29)10-15-11-21(27)23(22(28)12-15)34-14-17-4-2-3-5-20(17)26/h2-12H,14H2,1H3,(H,30,31)/b18-10+. The average Bonchev–Trinajstić information content (AvgIpc) is 2.83. The second kappa shape index (κ2) is 11.6. The molecule has 3 aromatic carbocycles. The third-order valence-corrected chi connectivity index (χ3v) is 5.52. The molecule has 3 rings (SSSR count). The van der Waals surface area contributed by atoms with Gasteiger partial charge in [-0.15, -0.1) is 0 Å². The number of nitriles is 1. The van der Waals surface area contributed by atoms with Gasteiger partial charge in [0.25, 0.3) is 5.91 Å². The minimum absolute atomic E-state index is 0.162. The van der Waals surface area contributed by atoms with Crippen molar-refractivity contribution in [1.29, 1.82) is 5.26 Å². The number of amides is 1. The number of esters is 1. The zero-order valence-corrected chi connectivity index (χ0v) is 20.0. The van der Waals surface area contributed by atoms with Gasteiger partial charge in [-0.05, 0) is 54.1 Å². The molecule has 0 aromatic heterocycles. The summed E-state index contributed by atoms with van der Waals surface area (Å²) in [6.07, 6.45) is 1.35. The van der Waals surface area contributed by atoms with Gasteiger partial charge in [-0.25, -0.2) is 4.79 Å². The number of anilines is 1. The SMILES string of the molecule is COC(=O)c1ccc(NC(=O)/C(C#N)=C/c2cc(Cl)c(OCc3ccccc3Cl)c(Cl)c2)cc1. The first kappa shape index (κ1) is 25.1. The Morgan fingerprint density at radius 1 is 1.00 bits per heavy atom. The molecule has 0 fully saturated rings. The number of benzene rings is 3. The van der Waals surface area contributed by atoms with Crippen molar-refractivity contribution in [3.05, 3.63) is 98.0 Å². The molecule has 0 atom stereocenters. The molecule has 3 aromatic rings. The van der Waals surface area contributed by atoms with Crippen molar-refractivity contribution in [3.63, 3.8) is 0 Å². The normalized spacial score (nSPS) is 10.9. The number of methoxy groups -OCH3 is 1. The van der Waals surface area contributed by atoms with Crippen LogP contribution in [0.4, 0.5) is 5.69 Å². The molecular weight excluding hydrogens is 499 g/mol. The van der Waals surface area contributed by atoms with Crippen LogP contribution in [-0.4, -0.2) is 19.0 Å². The van der Waals surface area contributed by atoms with Crippen LogP contribution in [0.3, 0.4) is 0 Å². The Hall–Kier alpha value is -3.50. The molecule has 172 valence electrons. The summed E-state index contributed by atoms with van der Waals surface area (Å²) in [7, 11) is 1.28. The smallest absolute Gasteiger partial charge is 0.337 e. The topological polar surface area (TPSA) is 88.4 Å². The highest BCUT2D eigenvalue weighted by molar-refractivity contribution is 6.37. The number of nitrogens with one attached hydrogen (secondary N) is 1. The number of ether oxygens (including phenoxy) is 2. The molecule has 34 heavy (non-hydrogen) atoms. The first-order valence-electron chi connectivity index (χ1n) is 9.79. The van der Waals surface area contributed by atoms with Crippen molar-refractivity contribution in [2.45, 2.75) is 6.61 Å². The van der Waals surface area contributed by atoms with E-state index in [4.69, 9.17) is 39.5 Å². The molecule has 0 aliphatic carbocycles. The Kier molecular flexibility index (Phi) is 8.55. The maximum Gasteiger partial charge on any atom is 0.337 e. The summed E-state index contributed by atoms with van der Waals surface area (Å²) in [6.45, 7) is 0.162. The molecule has 0 radical (unpaired) electrons. The van der Waals surface area contributed by atoms with Crippen LogP contribution in [0.2, 0.25) is 15.1 Å². The van der Waals surface area contributed by atoms with Gasteiger partial charge in [0.1, 0.15) is 18.2 Å². The summed E-state index contributed by atoms with van der Waals surface area (Å²) in [5.41, 5.74) is 1.76. The molecular formula is C25H17Cl3N2O4. The average molecular weight is 516 g/mol. The van der Waals surface area contributed by atoms with Crippen molar-refractivity contribution in [2.24, 2.45) is 0 Å². The molecule has 0 aliphatic heterocycles. The molecule has 6 nitrogen and oxygen atoms in total. The van der Waals surface area contributed by atoms with Crippen LogP contribution >= 0.6 is 34.8 Å². The highest BCUT2D eigenvalue weighted by Crippen LogP contribution is 2.36. The highest BCUT2D eigenvalue weighted by Gasteiger charge is 2.14. The molecule has 0 saturated heterocycles. The largest absolute Gasteiger partial charge is 0.486 e. The third kappa shape index (κ3) is 6.30. The molecule has 1 N–H and O–H groups in total. The Balaban J connectivity index is 1.75. The second-order valence-corrected chi connectivity index (χ2v) is 8.11. The first-order chi connectivity index (χ1) is 16.3. The van der Waals surface area contributed by atoms with Crippen LogP contribution in [0.25, 0.3) is 6.08 Å². The predicted octanol–water partition coefficient (Wildman–Crippen LogP) is 6.56. The van der Waals surface area contributed by atoms with Crippen LogP contribution in [0.5, 0.6) is 5.75 Å². The van der Waals surface area contributed by atoms with Gasteiger partial charge in [-0.1, -0.05) is 53.0 Å². The van der Waals surface area contributed by atoms with E-state index >= 15 is 0 Å². The number of rotatable bonds is 7. The maximum atomic E-state index is 12.6. The van der Waals surface area contributed by atoms with E-state index in [9.17, 15) is 14.9 Å². The van der Waals surface area contributed by atoms with Crippen molar-refractivity contribution in [3.8, 4) is 11.8 Å². The van der Waals surface area contributed by atoms with Crippen molar-refractivity contribution >= 4 is 58.4 Å². The van der Waals surface area contributed by atoms with E-state index in [1.54, 1.807) is 6.07 Å². The van der Waals surface area contributed by atoms with E-state index in [0.717, 1.165) is 5.56 Å². The summed E-state index contributed by atoms with van der Waals surface area (Å²) in [6, 6.07) is 18.2. The molecule has 0 bridgehead atoms. The number of hydrogen-bond donors (Lipinski definition) is 1. The van der Waals surface area contributed by atoms with Gasteiger partial charge in [0.05, 0.1) is 22.7 Å². The van der Waals surface area contributed by atoms with Gasteiger partial charge in [-0.2, -0.15) is 5.26 Å². The number of carbonyl (C=O) groups excluding carboxylic acids is 2. The second-order valence-electron chi connectivity index (χ2n) is 6.89. The minimum atomic E-state index is -0.639. The lowest BCUT2D eigenvalue weighted by molar-refractivity contribution is -0.112. The van der Waals surface area contributed by atoms with E-state index < -0.39 is 11.9 Å². The lowest BCUT2D eigenvalue weighted by Crippen LogP contribution is -2.13. The fraction of sp³-hybridized carbons (Fsp3) is 0.0800. The van der Waals surface area contributed by atoms with Crippen LogP contribution in [0.1, 0.15) is 21.5 Å². The van der Waals surface area contributed by atoms with E-state index in [1.807, 2.05) is 24.3 Å². The van der Waals surface area contributed by atoms with E-state index in [2.05, 4.69) is 10.1 Å². The monoisotopic (exact) mass is 514 g/mol. The van der Waals surface area contributed by atoms with Crippen LogP contribution in [0, 0.1) is 11.3 Å². The van der Waals surface area contributed by atoms with Gasteiger partial charge in [0.2, 0.25) is 0 Å². The molecule has 0 unspecified atom stereocenters. The molecule has 0 saturated carbocycles. The lowest BCUT2D eigenvalue weighted by Gasteiger charge is -2.12. The predicted molar refractivity (Wildman–Crippen MR) is 132 cm³/mol. The van der Waals surface area contributed by atoms with Crippen molar-refractivity contribution < 1.29 is 19.1 Å². The zero-order valence-electron chi connectivity index (χ0n) is 17.8. The number of carbonyl (C=O) groups is 2.